The van der Waals surface area contributed by atoms with Crippen LogP contribution >= 0.6 is 0 Å². The third-order valence-electron chi connectivity index (χ3n) is 2.10. The van der Waals surface area contributed by atoms with E-state index in [1.807, 2.05) is 0 Å². The highest BCUT2D eigenvalue weighted by Gasteiger charge is 2.11. The largest absolute Gasteiger partial charge is 0.463 e. The SMILES string of the molecule is Nc1ccc(S(=O)(=O)N/N=C\c2ccco2)cc1. The maximum absolute atomic E-state index is 11.8. The number of benzene rings is 1. The molecule has 0 aliphatic carbocycles. The number of rotatable bonds is 4. The van der Waals surface area contributed by atoms with Crippen LogP contribution in [0.2, 0.25) is 0 Å². The fourth-order valence-electron chi connectivity index (χ4n) is 1.22. The van der Waals surface area contributed by atoms with Crippen molar-refractivity contribution in [3.8, 4) is 0 Å². The van der Waals surface area contributed by atoms with Gasteiger partial charge in [0.2, 0.25) is 0 Å². The zero-order chi connectivity index (χ0) is 13.0. The first-order valence-electron chi connectivity index (χ1n) is 5.02. The van der Waals surface area contributed by atoms with Gasteiger partial charge in [-0.15, -0.1) is 0 Å². The zero-order valence-electron chi connectivity index (χ0n) is 9.28. The van der Waals surface area contributed by atoms with Gasteiger partial charge in [0.1, 0.15) is 5.76 Å². The molecule has 1 heterocycles. The topological polar surface area (TPSA) is 97.7 Å². The number of nitrogen functional groups attached to an aromatic ring is 1. The molecule has 2 rings (SSSR count). The van der Waals surface area contributed by atoms with Gasteiger partial charge in [0, 0.05) is 5.69 Å². The van der Waals surface area contributed by atoms with E-state index in [2.05, 4.69) is 9.93 Å². The first kappa shape index (κ1) is 12.2. The Balaban J connectivity index is 2.10. The first-order valence-corrected chi connectivity index (χ1v) is 6.50. The first-order chi connectivity index (χ1) is 8.58. The summed E-state index contributed by atoms with van der Waals surface area (Å²) in [5.41, 5.74) is 5.97. The molecule has 0 bridgehead atoms. The average Bonchev–Trinajstić information content (AvgIpc) is 2.82. The summed E-state index contributed by atoms with van der Waals surface area (Å²) in [6.45, 7) is 0. The molecule has 0 spiro atoms. The summed E-state index contributed by atoms with van der Waals surface area (Å²) in [4.78, 5) is 2.16. The molecule has 0 aliphatic rings. The van der Waals surface area contributed by atoms with Crippen molar-refractivity contribution in [1.29, 1.82) is 0 Å². The number of hydrazone groups is 1. The second-order valence-electron chi connectivity index (χ2n) is 3.44. The van der Waals surface area contributed by atoms with Crippen LogP contribution in [0.25, 0.3) is 0 Å². The van der Waals surface area contributed by atoms with E-state index in [1.54, 1.807) is 12.1 Å². The smallest absolute Gasteiger partial charge is 0.276 e. The molecule has 3 N–H and O–H groups in total. The minimum absolute atomic E-state index is 0.0910. The van der Waals surface area contributed by atoms with E-state index in [9.17, 15) is 8.42 Å². The molecule has 2 aromatic rings. The molecule has 0 unspecified atom stereocenters. The van der Waals surface area contributed by atoms with Gasteiger partial charge in [-0.1, -0.05) is 0 Å². The van der Waals surface area contributed by atoms with Crippen LogP contribution in [-0.4, -0.2) is 14.6 Å². The monoisotopic (exact) mass is 265 g/mol. The van der Waals surface area contributed by atoms with Gasteiger partial charge in [0.25, 0.3) is 10.0 Å². The van der Waals surface area contributed by atoms with Crippen LogP contribution in [0, 0.1) is 0 Å². The van der Waals surface area contributed by atoms with E-state index < -0.39 is 10.0 Å². The van der Waals surface area contributed by atoms with Crippen LogP contribution in [0.4, 0.5) is 5.69 Å². The third kappa shape index (κ3) is 2.89. The standard InChI is InChI=1S/C11H11N3O3S/c12-9-3-5-11(6-4-9)18(15,16)14-13-8-10-2-1-7-17-10/h1-8,14H,12H2/b13-8-. The predicted octanol–water partition coefficient (Wildman–Crippen LogP) is 1.17. The highest BCUT2D eigenvalue weighted by Crippen LogP contribution is 2.11. The van der Waals surface area contributed by atoms with Crippen LogP contribution < -0.4 is 10.6 Å². The lowest BCUT2D eigenvalue weighted by molar-refractivity contribution is 0.559. The lowest BCUT2D eigenvalue weighted by Gasteiger charge is -2.02. The number of sulfonamides is 1. The number of hydrogen-bond donors (Lipinski definition) is 2. The van der Waals surface area contributed by atoms with Crippen molar-refractivity contribution in [2.24, 2.45) is 5.10 Å². The Morgan fingerprint density at radius 3 is 2.56 bits per heavy atom. The highest BCUT2D eigenvalue weighted by molar-refractivity contribution is 7.89. The summed E-state index contributed by atoms with van der Waals surface area (Å²) in [6, 6.07) is 9.15. The normalized spacial score (nSPS) is 11.8. The second-order valence-corrected chi connectivity index (χ2v) is 5.10. The van der Waals surface area contributed by atoms with Gasteiger partial charge >= 0.3 is 0 Å². The lowest BCUT2D eigenvalue weighted by atomic mass is 10.3. The Labute approximate surface area is 104 Å². The Hall–Kier alpha value is -2.28. The van der Waals surface area contributed by atoms with Crippen LogP contribution in [0.3, 0.4) is 0 Å². The van der Waals surface area contributed by atoms with E-state index in [0.29, 0.717) is 11.4 Å². The number of anilines is 1. The molecule has 0 atom stereocenters. The van der Waals surface area contributed by atoms with Crippen molar-refractivity contribution in [3.05, 3.63) is 48.4 Å². The molecule has 1 aromatic heterocycles. The number of nitrogens with two attached hydrogens (primary N) is 1. The Bertz CT molecular complexity index is 631. The highest BCUT2D eigenvalue weighted by atomic mass is 32.2. The summed E-state index contributed by atoms with van der Waals surface area (Å²) >= 11 is 0. The molecule has 0 radical (unpaired) electrons. The summed E-state index contributed by atoms with van der Waals surface area (Å²) in [7, 11) is -3.68. The van der Waals surface area contributed by atoms with Crippen LogP contribution in [0.5, 0.6) is 0 Å². The van der Waals surface area contributed by atoms with Gasteiger partial charge in [-0.2, -0.15) is 18.4 Å². The fraction of sp³-hybridized carbons (Fsp3) is 0. The summed E-state index contributed by atoms with van der Waals surface area (Å²) in [5.74, 6) is 0.454. The van der Waals surface area contributed by atoms with E-state index >= 15 is 0 Å². The van der Waals surface area contributed by atoms with Crippen molar-refractivity contribution in [3.63, 3.8) is 0 Å². The maximum Gasteiger partial charge on any atom is 0.276 e. The number of nitrogens with one attached hydrogen (secondary N) is 1. The fourth-order valence-corrected chi connectivity index (χ4v) is 2.02. The van der Waals surface area contributed by atoms with Gasteiger partial charge < -0.3 is 10.2 Å². The van der Waals surface area contributed by atoms with Gasteiger partial charge in [-0.25, -0.2) is 0 Å². The van der Waals surface area contributed by atoms with Crippen molar-refractivity contribution in [1.82, 2.24) is 4.83 Å². The van der Waals surface area contributed by atoms with E-state index in [1.165, 1.54) is 36.7 Å². The van der Waals surface area contributed by atoms with Crippen LogP contribution in [0.15, 0.2) is 57.1 Å². The number of nitrogens with zero attached hydrogens (tertiary/aromatic N) is 1. The van der Waals surface area contributed by atoms with E-state index in [0.717, 1.165) is 0 Å². The summed E-state index contributed by atoms with van der Waals surface area (Å²) in [6.07, 6.45) is 2.74. The van der Waals surface area contributed by atoms with Crippen molar-refractivity contribution >= 4 is 21.9 Å². The van der Waals surface area contributed by atoms with Gasteiger partial charge in [0.15, 0.2) is 0 Å². The molecule has 94 valence electrons. The van der Waals surface area contributed by atoms with Crippen molar-refractivity contribution < 1.29 is 12.8 Å². The quantitative estimate of drug-likeness (QED) is 0.492. The summed E-state index contributed by atoms with van der Waals surface area (Å²) in [5, 5.41) is 3.60. The molecular formula is C11H11N3O3S. The molecular weight excluding hydrogens is 254 g/mol. The van der Waals surface area contributed by atoms with Crippen LogP contribution in [0.1, 0.15) is 5.76 Å². The molecule has 0 saturated carbocycles. The average molecular weight is 265 g/mol. The number of furan rings is 1. The minimum Gasteiger partial charge on any atom is -0.463 e. The Morgan fingerprint density at radius 1 is 1.22 bits per heavy atom. The molecule has 1 aromatic carbocycles. The molecule has 7 heteroatoms. The molecule has 0 saturated heterocycles. The second kappa shape index (κ2) is 4.92. The third-order valence-corrected chi connectivity index (χ3v) is 3.34. The molecule has 0 aliphatic heterocycles. The van der Waals surface area contributed by atoms with Crippen molar-refractivity contribution in [2.45, 2.75) is 4.90 Å². The molecule has 6 nitrogen and oxygen atoms in total. The summed E-state index contributed by atoms with van der Waals surface area (Å²) < 4.78 is 28.5. The van der Waals surface area contributed by atoms with Gasteiger partial charge in [-0.3, -0.25) is 0 Å². The van der Waals surface area contributed by atoms with E-state index in [-0.39, 0.29) is 4.90 Å². The molecule has 0 amide bonds. The maximum atomic E-state index is 11.8. The zero-order valence-corrected chi connectivity index (χ0v) is 10.1. The predicted molar refractivity (Wildman–Crippen MR) is 67.5 cm³/mol. The minimum atomic E-state index is -3.68. The Morgan fingerprint density at radius 2 is 1.94 bits per heavy atom. The number of hydrogen-bond acceptors (Lipinski definition) is 5. The van der Waals surface area contributed by atoms with Gasteiger partial charge in [-0.05, 0) is 36.4 Å². The molecule has 0 fully saturated rings. The molecule has 18 heavy (non-hydrogen) atoms. The van der Waals surface area contributed by atoms with Crippen LogP contribution in [-0.2, 0) is 10.0 Å². The Kier molecular flexibility index (Phi) is 3.33. The van der Waals surface area contributed by atoms with E-state index in [4.69, 9.17) is 10.2 Å². The van der Waals surface area contributed by atoms with Gasteiger partial charge in [0.05, 0.1) is 17.4 Å². The lowest BCUT2D eigenvalue weighted by Crippen LogP contribution is -2.18. The van der Waals surface area contributed by atoms with Crippen molar-refractivity contribution in [2.75, 3.05) is 5.73 Å².